The average Bonchev–Trinajstić information content (AvgIpc) is 2.74. The molecular formula is C11H10ClN3O. The van der Waals surface area contributed by atoms with E-state index in [2.05, 4.69) is 10.3 Å². The lowest BCUT2D eigenvalue weighted by molar-refractivity contribution is -0.116. The van der Waals surface area contributed by atoms with Gasteiger partial charge in [0.05, 0.1) is 17.0 Å². The number of para-hydroxylation sites is 1. The van der Waals surface area contributed by atoms with Crippen molar-refractivity contribution in [1.82, 2.24) is 9.55 Å². The molecule has 16 heavy (non-hydrogen) atoms. The SMILES string of the molecule is O=C(Cn1ccnc1)Nc1ccccc1Cl. The number of halogens is 1. The molecular weight excluding hydrogens is 226 g/mol. The lowest BCUT2D eigenvalue weighted by Gasteiger charge is -2.06. The molecule has 0 saturated heterocycles. The molecule has 2 rings (SSSR count). The molecule has 0 atom stereocenters. The molecule has 0 unspecified atom stereocenters. The Hall–Kier alpha value is -1.81. The van der Waals surface area contributed by atoms with Gasteiger partial charge in [-0.25, -0.2) is 4.98 Å². The highest BCUT2D eigenvalue weighted by atomic mass is 35.5. The van der Waals surface area contributed by atoms with E-state index in [0.29, 0.717) is 10.7 Å². The minimum atomic E-state index is -0.133. The predicted octanol–water partition coefficient (Wildman–Crippen LogP) is 2.18. The zero-order valence-corrected chi connectivity index (χ0v) is 9.19. The number of imidazole rings is 1. The number of benzene rings is 1. The van der Waals surface area contributed by atoms with Crippen LogP contribution in [0.3, 0.4) is 0 Å². The summed E-state index contributed by atoms with van der Waals surface area (Å²) in [6.45, 7) is 0.227. The van der Waals surface area contributed by atoms with Gasteiger partial charge in [-0.1, -0.05) is 23.7 Å². The van der Waals surface area contributed by atoms with E-state index in [0.717, 1.165) is 0 Å². The quantitative estimate of drug-likeness (QED) is 0.886. The fourth-order valence-electron chi connectivity index (χ4n) is 1.30. The van der Waals surface area contributed by atoms with E-state index < -0.39 is 0 Å². The summed E-state index contributed by atoms with van der Waals surface area (Å²) < 4.78 is 1.69. The van der Waals surface area contributed by atoms with Crippen LogP contribution in [0.2, 0.25) is 5.02 Å². The van der Waals surface area contributed by atoms with E-state index in [1.54, 1.807) is 35.4 Å². The Morgan fingerprint density at radius 1 is 1.44 bits per heavy atom. The molecule has 5 heteroatoms. The standard InChI is InChI=1S/C11H10ClN3O/c12-9-3-1-2-4-10(9)14-11(16)7-15-6-5-13-8-15/h1-6,8H,7H2,(H,14,16). The molecule has 2 aromatic rings. The van der Waals surface area contributed by atoms with Crippen molar-refractivity contribution in [2.75, 3.05) is 5.32 Å². The van der Waals surface area contributed by atoms with Gasteiger partial charge in [-0.3, -0.25) is 4.79 Å². The van der Waals surface area contributed by atoms with Gasteiger partial charge in [-0.2, -0.15) is 0 Å². The molecule has 0 aliphatic heterocycles. The first-order chi connectivity index (χ1) is 7.75. The van der Waals surface area contributed by atoms with Crippen LogP contribution < -0.4 is 5.32 Å². The van der Waals surface area contributed by atoms with Crippen LogP contribution in [0, 0.1) is 0 Å². The van der Waals surface area contributed by atoms with Crippen LogP contribution in [0.1, 0.15) is 0 Å². The smallest absolute Gasteiger partial charge is 0.244 e. The topological polar surface area (TPSA) is 46.9 Å². The van der Waals surface area contributed by atoms with Crippen molar-refractivity contribution in [3.63, 3.8) is 0 Å². The van der Waals surface area contributed by atoms with Crippen molar-refractivity contribution in [2.24, 2.45) is 0 Å². The Morgan fingerprint density at radius 3 is 2.94 bits per heavy atom. The molecule has 1 heterocycles. The Kier molecular flexibility index (Phi) is 3.22. The number of hydrogen-bond acceptors (Lipinski definition) is 2. The van der Waals surface area contributed by atoms with E-state index in [4.69, 9.17) is 11.6 Å². The first-order valence-electron chi connectivity index (χ1n) is 4.76. The van der Waals surface area contributed by atoms with Gasteiger partial charge < -0.3 is 9.88 Å². The van der Waals surface area contributed by atoms with Gasteiger partial charge in [-0.15, -0.1) is 0 Å². The van der Waals surface area contributed by atoms with Crippen molar-refractivity contribution in [3.8, 4) is 0 Å². The first kappa shape index (κ1) is 10.7. The number of nitrogens with one attached hydrogen (secondary N) is 1. The lowest BCUT2D eigenvalue weighted by Crippen LogP contribution is -2.17. The van der Waals surface area contributed by atoms with E-state index >= 15 is 0 Å². The number of carbonyl (C=O) groups is 1. The highest BCUT2D eigenvalue weighted by Gasteiger charge is 2.05. The molecule has 0 radical (unpaired) electrons. The van der Waals surface area contributed by atoms with Crippen LogP contribution in [0.5, 0.6) is 0 Å². The number of hydrogen-bond donors (Lipinski definition) is 1. The van der Waals surface area contributed by atoms with Crippen molar-refractivity contribution < 1.29 is 4.79 Å². The van der Waals surface area contributed by atoms with Gasteiger partial charge >= 0.3 is 0 Å². The Labute approximate surface area is 97.9 Å². The number of amides is 1. The highest BCUT2D eigenvalue weighted by Crippen LogP contribution is 2.20. The maximum Gasteiger partial charge on any atom is 0.244 e. The molecule has 1 aromatic heterocycles. The van der Waals surface area contributed by atoms with Crippen molar-refractivity contribution in [1.29, 1.82) is 0 Å². The number of carbonyl (C=O) groups excluding carboxylic acids is 1. The van der Waals surface area contributed by atoms with Crippen molar-refractivity contribution in [2.45, 2.75) is 6.54 Å². The zero-order valence-electron chi connectivity index (χ0n) is 8.43. The van der Waals surface area contributed by atoms with Crippen LogP contribution in [-0.2, 0) is 11.3 Å². The minimum Gasteiger partial charge on any atom is -0.328 e. The second-order valence-corrected chi connectivity index (χ2v) is 3.67. The second-order valence-electron chi connectivity index (χ2n) is 3.26. The first-order valence-corrected chi connectivity index (χ1v) is 5.13. The highest BCUT2D eigenvalue weighted by molar-refractivity contribution is 6.33. The summed E-state index contributed by atoms with van der Waals surface area (Å²) >= 11 is 5.92. The zero-order chi connectivity index (χ0) is 11.4. The molecule has 0 spiro atoms. The Morgan fingerprint density at radius 2 is 2.25 bits per heavy atom. The molecule has 0 fully saturated rings. The van der Waals surface area contributed by atoms with Crippen LogP contribution >= 0.6 is 11.6 Å². The number of rotatable bonds is 3. The molecule has 1 aromatic carbocycles. The monoisotopic (exact) mass is 235 g/mol. The molecule has 0 aliphatic carbocycles. The fourth-order valence-corrected chi connectivity index (χ4v) is 1.48. The third-order valence-electron chi connectivity index (χ3n) is 2.03. The molecule has 82 valence electrons. The average molecular weight is 236 g/mol. The normalized spacial score (nSPS) is 10.1. The fraction of sp³-hybridized carbons (Fsp3) is 0.0909. The lowest BCUT2D eigenvalue weighted by atomic mass is 10.3. The largest absolute Gasteiger partial charge is 0.328 e. The van der Waals surface area contributed by atoms with E-state index in [9.17, 15) is 4.79 Å². The third-order valence-corrected chi connectivity index (χ3v) is 2.36. The molecule has 0 saturated carbocycles. The maximum absolute atomic E-state index is 11.6. The number of nitrogens with zero attached hydrogens (tertiary/aromatic N) is 2. The summed E-state index contributed by atoms with van der Waals surface area (Å²) in [6, 6.07) is 7.12. The van der Waals surface area contributed by atoms with Crippen LogP contribution in [-0.4, -0.2) is 15.5 Å². The molecule has 1 N–H and O–H groups in total. The van der Waals surface area contributed by atoms with Crippen LogP contribution in [0.4, 0.5) is 5.69 Å². The Bertz CT molecular complexity index is 482. The predicted molar refractivity (Wildman–Crippen MR) is 62.3 cm³/mol. The number of anilines is 1. The molecule has 0 aliphatic rings. The summed E-state index contributed by atoms with van der Waals surface area (Å²) in [5.74, 6) is -0.133. The summed E-state index contributed by atoms with van der Waals surface area (Å²) in [4.78, 5) is 15.5. The van der Waals surface area contributed by atoms with Crippen LogP contribution in [0.25, 0.3) is 0 Å². The van der Waals surface area contributed by atoms with Crippen molar-refractivity contribution in [3.05, 3.63) is 48.0 Å². The van der Waals surface area contributed by atoms with Gasteiger partial charge in [0.2, 0.25) is 5.91 Å². The number of aromatic nitrogens is 2. The third kappa shape index (κ3) is 2.61. The van der Waals surface area contributed by atoms with E-state index in [1.165, 1.54) is 0 Å². The van der Waals surface area contributed by atoms with Crippen molar-refractivity contribution >= 4 is 23.2 Å². The van der Waals surface area contributed by atoms with E-state index in [-0.39, 0.29) is 12.5 Å². The molecule has 4 nitrogen and oxygen atoms in total. The van der Waals surface area contributed by atoms with Gasteiger partial charge in [0.1, 0.15) is 6.54 Å². The summed E-state index contributed by atoms with van der Waals surface area (Å²) in [6.07, 6.45) is 4.95. The van der Waals surface area contributed by atoms with Gasteiger partial charge in [0.25, 0.3) is 0 Å². The second kappa shape index (κ2) is 4.81. The van der Waals surface area contributed by atoms with Gasteiger partial charge in [0.15, 0.2) is 0 Å². The summed E-state index contributed by atoms with van der Waals surface area (Å²) in [5, 5.41) is 3.26. The minimum absolute atomic E-state index is 0.133. The summed E-state index contributed by atoms with van der Waals surface area (Å²) in [5.41, 5.74) is 0.620. The molecule has 1 amide bonds. The molecule has 0 bridgehead atoms. The maximum atomic E-state index is 11.6. The van der Waals surface area contributed by atoms with E-state index in [1.807, 2.05) is 12.1 Å². The summed E-state index contributed by atoms with van der Waals surface area (Å²) in [7, 11) is 0. The Balaban J connectivity index is 2.00. The van der Waals surface area contributed by atoms with Crippen LogP contribution in [0.15, 0.2) is 43.0 Å². The van der Waals surface area contributed by atoms with Gasteiger partial charge in [-0.05, 0) is 12.1 Å². The van der Waals surface area contributed by atoms with Gasteiger partial charge in [0, 0.05) is 12.4 Å².